The average molecular weight is 332 g/mol. The summed E-state index contributed by atoms with van der Waals surface area (Å²) in [7, 11) is 0. The predicted octanol–water partition coefficient (Wildman–Crippen LogP) is 4.67. The number of carbonyl (C=O) groups excluding carboxylic acids is 1. The lowest BCUT2D eigenvalue weighted by atomic mass is 9.97. The molecule has 2 saturated heterocycles. The van der Waals surface area contributed by atoms with E-state index in [9.17, 15) is 4.79 Å². The van der Waals surface area contributed by atoms with E-state index in [0.29, 0.717) is 12.1 Å². The van der Waals surface area contributed by atoms with Crippen LogP contribution in [0.3, 0.4) is 0 Å². The number of fused-ring (bicyclic) bond motifs is 2. The first-order valence-corrected chi connectivity index (χ1v) is 9.08. The van der Waals surface area contributed by atoms with Crippen molar-refractivity contribution in [2.45, 2.75) is 43.8 Å². The van der Waals surface area contributed by atoms with Crippen molar-refractivity contribution in [2.75, 3.05) is 0 Å². The molecule has 2 unspecified atom stereocenters. The molecule has 4 rings (SSSR count). The number of hydrogen-bond donors (Lipinski definition) is 1. The highest BCUT2D eigenvalue weighted by molar-refractivity contribution is 5.77. The highest BCUT2D eigenvalue weighted by Crippen LogP contribution is 2.38. The molecule has 2 atom stereocenters. The number of piperidine rings is 1. The molecule has 2 aliphatic rings. The van der Waals surface area contributed by atoms with Crippen LogP contribution >= 0.6 is 0 Å². The molecular formula is C22H24N2O. The summed E-state index contributed by atoms with van der Waals surface area (Å²) in [4.78, 5) is 15.2. The van der Waals surface area contributed by atoms with Crippen molar-refractivity contribution in [3.63, 3.8) is 0 Å². The lowest BCUT2D eigenvalue weighted by molar-refractivity contribution is 0.159. The fourth-order valence-electron chi connectivity index (χ4n) is 4.29. The van der Waals surface area contributed by atoms with Crippen molar-refractivity contribution in [1.82, 2.24) is 10.2 Å². The summed E-state index contributed by atoms with van der Waals surface area (Å²) < 4.78 is 0. The highest BCUT2D eigenvalue weighted by Gasteiger charge is 2.41. The van der Waals surface area contributed by atoms with Crippen LogP contribution in [0, 0.1) is 0 Å². The van der Waals surface area contributed by atoms with E-state index in [0.717, 1.165) is 36.8 Å². The Kier molecular flexibility index (Phi) is 4.31. The van der Waals surface area contributed by atoms with Crippen LogP contribution in [0.15, 0.2) is 72.8 Å². The Morgan fingerprint density at radius 1 is 0.920 bits per heavy atom. The molecule has 0 aliphatic carbocycles. The first-order valence-electron chi connectivity index (χ1n) is 9.08. The number of carbonyl (C=O) groups is 1. The van der Waals surface area contributed by atoms with E-state index in [1.54, 1.807) is 0 Å². The zero-order chi connectivity index (χ0) is 17.2. The minimum Gasteiger partial charge on any atom is -0.327 e. The fraction of sp³-hybridized carbons (Fsp3) is 0.318. The van der Waals surface area contributed by atoms with Crippen LogP contribution in [0.1, 0.15) is 42.9 Å². The predicted molar refractivity (Wildman–Crippen MR) is 100 cm³/mol. The summed E-state index contributed by atoms with van der Waals surface area (Å²) >= 11 is 0. The minimum absolute atomic E-state index is 0.0534. The number of nitrogens with zero attached hydrogens (tertiary/aromatic N) is 1. The zero-order valence-electron chi connectivity index (χ0n) is 14.4. The second-order valence-electron chi connectivity index (χ2n) is 7.15. The van der Waals surface area contributed by atoms with E-state index in [2.05, 4.69) is 41.1 Å². The van der Waals surface area contributed by atoms with Gasteiger partial charge in [-0.3, -0.25) is 0 Å². The monoisotopic (exact) mass is 332 g/mol. The second-order valence-corrected chi connectivity index (χ2v) is 7.15. The van der Waals surface area contributed by atoms with Crippen molar-refractivity contribution in [3.8, 4) is 0 Å². The van der Waals surface area contributed by atoms with Gasteiger partial charge >= 0.3 is 6.03 Å². The molecule has 2 bridgehead atoms. The van der Waals surface area contributed by atoms with Gasteiger partial charge in [0.2, 0.25) is 0 Å². The van der Waals surface area contributed by atoms with E-state index in [4.69, 9.17) is 0 Å². The van der Waals surface area contributed by atoms with Crippen molar-refractivity contribution >= 4 is 6.03 Å². The summed E-state index contributed by atoms with van der Waals surface area (Å²) in [6, 6.07) is 20.9. The van der Waals surface area contributed by atoms with Gasteiger partial charge in [-0.1, -0.05) is 72.8 Å². The molecule has 1 N–H and O–H groups in total. The molecular weight excluding hydrogens is 308 g/mol. The molecule has 0 spiro atoms. The topological polar surface area (TPSA) is 32.3 Å². The molecule has 25 heavy (non-hydrogen) atoms. The Balaban J connectivity index is 1.59. The SMILES string of the molecule is C=C1CC2CCC(C1)N2C(=O)NC(c1ccccc1)c1ccccc1. The first kappa shape index (κ1) is 15.9. The maximum absolute atomic E-state index is 13.1. The Hall–Kier alpha value is -2.55. The number of urea groups is 1. The Morgan fingerprint density at radius 2 is 1.40 bits per heavy atom. The molecule has 2 aliphatic heterocycles. The Bertz CT molecular complexity index is 701. The van der Waals surface area contributed by atoms with Crippen LogP contribution in [0.25, 0.3) is 0 Å². The fourth-order valence-corrected chi connectivity index (χ4v) is 4.29. The largest absolute Gasteiger partial charge is 0.327 e. The number of nitrogens with one attached hydrogen (secondary N) is 1. The van der Waals surface area contributed by atoms with E-state index in [1.165, 1.54) is 5.57 Å². The summed E-state index contributed by atoms with van der Waals surface area (Å²) in [6.45, 7) is 4.15. The molecule has 128 valence electrons. The van der Waals surface area contributed by atoms with Gasteiger partial charge in [-0.25, -0.2) is 4.79 Å². The Morgan fingerprint density at radius 3 is 1.88 bits per heavy atom. The zero-order valence-corrected chi connectivity index (χ0v) is 14.4. The van der Waals surface area contributed by atoms with Gasteiger partial charge in [0.1, 0.15) is 0 Å². The van der Waals surface area contributed by atoms with Crippen molar-refractivity contribution in [3.05, 3.63) is 83.9 Å². The van der Waals surface area contributed by atoms with Gasteiger partial charge in [-0.2, -0.15) is 0 Å². The van der Waals surface area contributed by atoms with Gasteiger partial charge < -0.3 is 10.2 Å². The standard InChI is InChI=1S/C22H24N2O/c1-16-14-19-12-13-20(15-16)24(19)22(25)23-21(17-8-4-2-5-9-17)18-10-6-3-7-11-18/h2-11,19-21H,1,12-15H2,(H,23,25). The third-order valence-corrected chi connectivity index (χ3v) is 5.44. The van der Waals surface area contributed by atoms with Crippen LogP contribution in [0.4, 0.5) is 4.79 Å². The van der Waals surface area contributed by atoms with Crippen LogP contribution < -0.4 is 5.32 Å². The van der Waals surface area contributed by atoms with Crippen molar-refractivity contribution < 1.29 is 4.79 Å². The van der Waals surface area contributed by atoms with Gasteiger partial charge in [0.25, 0.3) is 0 Å². The number of hydrogen-bond acceptors (Lipinski definition) is 1. The van der Waals surface area contributed by atoms with Gasteiger partial charge in [0.05, 0.1) is 6.04 Å². The number of amides is 2. The third-order valence-electron chi connectivity index (χ3n) is 5.44. The molecule has 0 saturated carbocycles. The van der Waals surface area contributed by atoms with E-state index in [-0.39, 0.29) is 12.1 Å². The van der Waals surface area contributed by atoms with Crippen molar-refractivity contribution in [2.24, 2.45) is 0 Å². The smallest absolute Gasteiger partial charge is 0.318 e. The molecule has 2 amide bonds. The minimum atomic E-state index is -0.126. The molecule has 0 aromatic heterocycles. The molecule has 2 heterocycles. The molecule has 2 aromatic rings. The molecule has 2 fully saturated rings. The summed E-state index contributed by atoms with van der Waals surface area (Å²) in [6.07, 6.45) is 4.09. The van der Waals surface area contributed by atoms with Crippen LogP contribution in [-0.4, -0.2) is 23.0 Å². The molecule has 3 heteroatoms. The first-order chi connectivity index (χ1) is 12.2. The van der Waals surface area contributed by atoms with Gasteiger partial charge in [-0.05, 0) is 36.8 Å². The van der Waals surface area contributed by atoms with Gasteiger partial charge in [0.15, 0.2) is 0 Å². The summed E-state index contributed by atoms with van der Waals surface area (Å²) in [5, 5.41) is 3.29. The average Bonchev–Trinajstić information content (AvgIpc) is 2.92. The lowest BCUT2D eigenvalue weighted by Gasteiger charge is -2.37. The summed E-state index contributed by atoms with van der Waals surface area (Å²) in [5.74, 6) is 0. The molecule has 3 nitrogen and oxygen atoms in total. The van der Waals surface area contributed by atoms with E-state index < -0.39 is 0 Å². The van der Waals surface area contributed by atoms with Crippen LogP contribution in [0.2, 0.25) is 0 Å². The maximum Gasteiger partial charge on any atom is 0.318 e. The highest BCUT2D eigenvalue weighted by atomic mass is 16.2. The lowest BCUT2D eigenvalue weighted by Crippen LogP contribution is -2.50. The maximum atomic E-state index is 13.1. The van der Waals surface area contributed by atoms with Crippen LogP contribution in [0.5, 0.6) is 0 Å². The van der Waals surface area contributed by atoms with E-state index >= 15 is 0 Å². The van der Waals surface area contributed by atoms with Crippen LogP contribution in [-0.2, 0) is 0 Å². The Labute approximate surface area is 149 Å². The van der Waals surface area contributed by atoms with Gasteiger partial charge in [-0.15, -0.1) is 0 Å². The number of benzene rings is 2. The van der Waals surface area contributed by atoms with Gasteiger partial charge in [0, 0.05) is 12.1 Å². The quantitative estimate of drug-likeness (QED) is 0.814. The van der Waals surface area contributed by atoms with Crippen molar-refractivity contribution in [1.29, 1.82) is 0 Å². The molecule has 2 aromatic carbocycles. The number of rotatable bonds is 3. The van der Waals surface area contributed by atoms with E-state index in [1.807, 2.05) is 36.4 Å². The third kappa shape index (κ3) is 3.19. The summed E-state index contributed by atoms with van der Waals surface area (Å²) in [5.41, 5.74) is 3.51. The molecule has 0 radical (unpaired) electrons. The second kappa shape index (κ2) is 6.75. The normalized spacial score (nSPS) is 22.3.